The fourth-order valence-corrected chi connectivity index (χ4v) is 4.14. The number of aromatic nitrogens is 4. The molecule has 4 rings (SSSR count). The van der Waals surface area contributed by atoms with E-state index in [0.29, 0.717) is 26.7 Å². The normalized spacial score (nSPS) is 10.8. The van der Waals surface area contributed by atoms with Gasteiger partial charge in [-0.2, -0.15) is 0 Å². The summed E-state index contributed by atoms with van der Waals surface area (Å²) in [6.07, 6.45) is 3.40. The lowest BCUT2D eigenvalue weighted by molar-refractivity contribution is -0.113. The summed E-state index contributed by atoms with van der Waals surface area (Å²) in [6.45, 7) is 0. The topological polar surface area (TPSA) is 72.7 Å². The van der Waals surface area contributed by atoms with Crippen LogP contribution in [0.2, 0.25) is 10.0 Å². The molecular formula is C21H14BrCl2N5OS. The van der Waals surface area contributed by atoms with E-state index >= 15 is 0 Å². The predicted molar refractivity (Wildman–Crippen MR) is 128 cm³/mol. The van der Waals surface area contributed by atoms with E-state index in [1.165, 1.54) is 11.8 Å². The van der Waals surface area contributed by atoms with Crippen molar-refractivity contribution >= 4 is 62.5 Å². The first-order chi connectivity index (χ1) is 15.0. The molecule has 0 aliphatic carbocycles. The molecule has 0 atom stereocenters. The van der Waals surface area contributed by atoms with Gasteiger partial charge in [0.1, 0.15) is 0 Å². The van der Waals surface area contributed by atoms with Crippen LogP contribution in [0.1, 0.15) is 0 Å². The number of amides is 1. The summed E-state index contributed by atoms with van der Waals surface area (Å²) in [6, 6.07) is 16.4. The highest BCUT2D eigenvalue weighted by atomic mass is 79.9. The van der Waals surface area contributed by atoms with Crippen molar-refractivity contribution in [3.8, 4) is 17.1 Å². The maximum absolute atomic E-state index is 12.5. The third-order valence-electron chi connectivity index (χ3n) is 4.19. The van der Waals surface area contributed by atoms with Crippen LogP contribution in [0.3, 0.4) is 0 Å². The lowest BCUT2D eigenvalue weighted by Gasteiger charge is -2.11. The van der Waals surface area contributed by atoms with Gasteiger partial charge in [-0.15, -0.1) is 10.2 Å². The van der Waals surface area contributed by atoms with Crippen LogP contribution in [0.5, 0.6) is 0 Å². The van der Waals surface area contributed by atoms with Gasteiger partial charge in [-0.05, 0) is 54.6 Å². The Labute approximate surface area is 201 Å². The maximum Gasteiger partial charge on any atom is 0.234 e. The zero-order chi connectivity index (χ0) is 21.8. The monoisotopic (exact) mass is 533 g/mol. The standard InChI is InChI=1S/C21H14BrCl2N5OS/c22-14-1-4-16(5-2-14)29-20(13-7-9-25-10-8-13)27-28-21(29)31-12-19(30)26-18-11-15(23)3-6-17(18)24/h1-11H,12H2,(H,26,30). The van der Waals surface area contributed by atoms with Gasteiger partial charge in [0.15, 0.2) is 11.0 Å². The largest absolute Gasteiger partial charge is 0.324 e. The van der Waals surface area contributed by atoms with E-state index < -0.39 is 0 Å². The molecule has 0 unspecified atom stereocenters. The van der Waals surface area contributed by atoms with E-state index in [2.05, 4.69) is 36.4 Å². The molecule has 31 heavy (non-hydrogen) atoms. The second kappa shape index (κ2) is 9.82. The van der Waals surface area contributed by atoms with E-state index in [9.17, 15) is 4.79 Å². The van der Waals surface area contributed by atoms with Gasteiger partial charge in [-0.3, -0.25) is 14.3 Å². The maximum atomic E-state index is 12.5. The second-order valence-corrected chi connectivity index (χ2v) is 9.02. The van der Waals surface area contributed by atoms with Crippen LogP contribution in [-0.2, 0) is 4.79 Å². The molecule has 10 heteroatoms. The molecule has 0 bridgehead atoms. The number of halogens is 3. The smallest absolute Gasteiger partial charge is 0.234 e. The third-order valence-corrected chi connectivity index (χ3v) is 6.21. The molecule has 0 spiro atoms. The van der Waals surface area contributed by atoms with Gasteiger partial charge in [0.05, 0.1) is 16.5 Å². The van der Waals surface area contributed by atoms with Crippen molar-refractivity contribution in [3.63, 3.8) is 0 Å². The molecular weight excluding hydrogens is 521 g/mol. The van der Waals surface area contributed by atoms with Crippen LogP contribution in [0.25, 0.3) is 17.1 Å². The fraction of sp³-hybridized carbons (Fsp3) is 0.0476. The van der Waals surface area contributed by atoms with Crippen molar-refractivity contribution in [2.24, 2.45) is 0 Å². The number of hydrogen-bond acceptors (Lipinski definition) is 5. The molecule has 0 saturated carbocycles. The van der Waals surface area contributed by atoms with Gasteiger partial charge in [0.25, 0.3) is 0 Å². The van der Waals surface area contributed by atoms with Gasteiger partial charge in [-0.25, -0.2) is 0 Å². The molecule has 4 aromatic rings. The first-order valence-electron chi connectivity index (χ1n) is 9.01. The highest BCUT2D eigenvalue weighted by molar-refractivity contribution is 9.10. The molecule has 2 aromatic carbocycles. The van der Waals surface area contributed by atoms with Crippen LogP contribution in [0.15, 0.2) is 76.6 Å². The Bertz CT molecular complexity index is 1220. The number of nitrogens with one attached hydrogen (secondary N) is 1. The molecule has 2 heterocycles. The Kier molecular flexibility index (Phi) is 6.92. The summed E-state index contributed by atoms with van der Waals surface area (Å²) >= 11 is 16.8. The number of hydrogen-bond donors (Lipinski definition) is 1. The molecule has 156 valence electrons. The lowest BCUT2D eigenvalue weighted by atomic mass is 10.2. The van der Waals surface area contributed by atoms with E-state index in [4.69, 9.17) is 23.2 Å². The van der Waals surface area contributed by atoms with Gasteiger partial charge in [-0.1, -0.05) is 50.9 Å². The molecule has 2 aromatic heterocycles. The summed E-state index contributed by atoms with van der Waals surface area (Å²) in [4.78, 5) is 16.6. The van der Waals surface area contributed by atoms with Crippen molar-refractivity contribution in [2.45, 2.75) is 5.16 Å². The minimum absolute atomic E-state index is 0.119. The number of carbonyl (C=O) groups is 1. The second-order valence-electron chi connectivity index (χ2n) is 6.31. The number of carbonyl (C=O) groups excluding carboxylic acids is 1. The number of benzene rings is 2. The van der Waals surface area contributed by atoms with Gasteiger partial charge in [0, 0.05) is 33.1 Å². The van der Waals surface area contributed by atoms with Crippen LogP contribution in [0, 0.1) is 0 Å². The Morgan fingerprint density at radius 1 is 1.03 bits per heavy atom. The van der Waals surface area contributed by atoms with Crippen LogP contribution in [-0.4, -0.2) is 31.4 Å². The zero-order valence-electron chi connectivity index (χ0n) is 15.8. The Hall–Kier alpha value is -2.39. The first kappa shape index (κ1) is 21.8. The summed E-state index contributed by atoms with van der Waals surface area (Å²) in [5.41, 5.74) is 2.21. The summed E-state index contributed by atoms with van der Waals surface area (Å²) < 4.78 is 2.87. The third kappa shape index (κ3) is 5.27. The van der Waals surface area contributed by atoms with Gasteiger partial charge in [0.2, 0.25) is 5.91 Å². The fourth-order valence-electron chi connectivity index (χ4n) is 2.78. The Morgan fingerprint density at radius 3 is 2.52 bits per heavy atom. The molecule has 0 radical (unpaired) electrons. The van der Waals surface area contributed by atoms with Crippen molar-refractivity contribution in [3.05, 3.63) is 81.5 Å². The molecule has 1 N–H and O–H groups in total. The zero-order valence-corrected chi connectivity index (χ0v) is 19.7. The van der Waals surface area contributed by atoms with E-state index in [1.54, 1.807) is 30.6 Å². The molecule has 6 nitrogen and oxygen atoms in total. The number of nitrogens with zero attached hydrogens (tertiary/aromatic N) is 4. The van der Waals surface area contributed by atoms with Gasteiger partial charge < -0.3 is 5.32 Å². The summed E-state index contributed by atoms with van der Waals surface area (Å²) in [5, 5.41) is 12.9. The molecule has 0 aliphatic heterocycles. The molecule has 0 aliphatic rings. The quantitative estimate of drug-likeness (QED) is 0.301. The summed E-state index contributed by atoms with van der Waals surface area (Å²) in [7, 11) is 0. The average Bonchev–Trinajstić information content (AvgIpc) is 3.20. The first-order valence-corrected chi connectivity index (χ1v) is 11.5. The van der Waals surface area contributed by atoms with E-state index in [0.717, 1.165) is 15.7 Å². The number of thioether (sulfide) groups is 1. The number of anilines is 1. The highest BCUT2D eigenvalue weighted by Gasteiger charge is 2.17. The minimum atomic E-state index is -0.231. The van der Waals surface area contributed by atoms with E-state index in [-0.39, 0.29) is 11.7 Å². The molecule has 1 amide bonds. The van der Waals surface area contributed by atoms with E-state index in [1.807, 2.05) is 41.0 Å². The van der Waals surface area contributed by atoms with Crippen molar-refractivity contribution in [1.29, 1.82) is 0 Å². The lowest BCUT2D eigenvalue weighted by Crippen LogP contribution is -2.15. The number of rotatable bonds is 6. The van der Waals surface area contributed by atoms with Gasteiger partial charge >= 0.3 is 0 Å². The van der Waals surface area contributed by atoms with Crippen molar-refractivity contribution < 1.29 is 4.79 Å². The Balaban J connectivity index is 1.59. The van der Waals surface area contributed by atoms with Crippen LogP contribution >= 0.6 is 50.9 Å². The van der Waals surface area contributed by atoms with Crippen LogP contribution in [0.4, 0.5) is 5.69 Å². The summed E-state index contributed by atoms with van der Waals surface area (Å²) in [5.74, 6) is 0.545. The van der Waals surface area contributed by atoms with Crippen molar-refractivity contribution in [2.75, 3.05) is 11.1 Å². The molecule has 0 saturated heterocycles. The van der Waals surface area contributed by atoms with Crippen LogP contribution < -0.4 is 5.32 Å². The average molecular weight is 535 g/mol. The molecule has 0 fully saturated rings. The van der Waals surface area contributed by atoms with Crippen molar-refractivity contribution in [1.82, 2.24) is 19.7 Å². The SMILES string of the molecule is O=C(CSc1nnc(-c2ccncc2)n1-c1ccc(Br)cc1)Nc1cc(Cl)ccc1Cl. The minimum Gasteiger partial charge on any atom is -0.324 e. The predicted octanol–water partition coefficient (Wildman–Crippen LogP) is 6.13. The highest BCUT2D eigenvalue weighted by Crippen LogP contribution is 2.29. The Morgan fingerprint density at radius 2 is 1.77 bits per heavy atom. The number of pyridine rings is 1.